The molecule has 0 atom stereocenters. The molecule has 8 heteroatoms. The lowest BCUT2D eigenvalue weighted by atomic mass is 10.2. The normalized spacial score (nSPS) is 12.1. The van der Waals surface area contributed by atoms with Gasteiger partial charge in [-0.3, -0.25) is 0 Å². The van der Waals surface area contributed by atoms with Gasteiger partial charge in [-0.1, -0.05) is 53.5 Å². The lowest BCUT2D eigenvalue weighted by molar-refractivity contribution is 0.588. The highest BCUT2D eigenvalue weighted by molar-refractivity contribution is 7.98. The predicted octanol–water partition coefficient (Wildman–Crippen LogP) is 6.47. The van der Waals surface area contributed by atoms with Crippen molar-refractivity contribution in [3.63, 3.8) is 0 Å². The zero-order chi connectivity index (χ0) is 21.3. The first kappa shape index (κ1) is 21.0. The Bertz CT molecular complexity index is 1360. The first-order valence-corrected chi connectivity index (χ1v) is 12.3. The number of fused-ring (bicyclic) bond motifs is 1. The molecule has 0 amide bonds. The maximum absolute atomic E-state index is 13.5. The fourth-order valence-electron chi connectivity index (χ4n) is 3.04. The maximum Gasteiger partial charge on any atom is 0.271 e. The highest BCUT2D eigenvalue weighted by atomic mass is 35.5. The van der Waals surface area contributed by atoms with Crippen LogP contribution in [0.5, 0.6) is 0 Å². The highest BCUT2D eigenvalue weighted by Crippen LogP contribution is 2.30. The lowest BCUT2D eigenvalue weighted by Gasteiger charge is -2.11. The SMILES string of the molecule is CSc1ccc(C=Cc2nc3ccccc3n2S(=O)(=O)c2cc(Cl)ccc2Cl)cc1. The maximum atomic E-state index is 13.5. The summed E-state index contributed by atoms with van der Waals surface area (Å²) < 4.78 is 28.3. The number of halogens is 2. The van der Waals surface area contributed by atoms with Gasteiger partial charge in [0.1, 0.15) is 10.7 Å². The molecule has 0 aliphatic rings. The van der Waals surface area contributed by atoms with Crippen LogP contribution < -0.4 is 0 Å². The molecule has 3 aromatic carbocycles. The quantitative estimate of drug-likeness (QED) is 0.311. The summed E-state index contributed by atoms with van der Waals surface area (Å²) in [5.74, 6) is 0.279. The molecule has 4 nitrogen and oxygen atoms in total. The summed E-state index contributed by atoms with van der Waals surface area (Å²) in [5, 5.41) is 0.383. The van der Waals surface area contributed by atoms with Crippen molar-refractivity contribution in [2.75, 3.05) is 6.26 Å². The molecular formula is C22H16Cl2N2O2S2. The number of hydrogen-bond acceptors (Lipinski definition) is 4. The van der Waals surface area contributed by atoms with Gasteiger partial charge in [0.15, 0.2) is 0 Å². The Balaban J connectivity index is 1.88. The Morgan fingerprint density at radius 1 is 0.967 bits per heavy atom. The molecule has 4 aromatic rings. The van der Waals surface area contributed by atoms with Gasteiger partial charge in [0.05, 0.1) is 16.1 Å². The Kier molecular flexibility index (Phi) is 5.93. The smallest absolute Gasteiger partial charge is 0.228 e. The monoisotopic (exact) mass is 474 g/mol. The van der Waals surface area contributed by atoms with E-state index in [4.69, 9.17) is 23.2 Å². The molecule has 152 valence electrons. The first-order chi connectivity index (χ1) is 14.4. The van der Waals surface area contributed by atoms with Gasteiger partial charge in [-0.25, -0.2) is 17.4 Å². The van der Waals surface area contributed by atoms with E-state index in [1.807, 2.05) is 42.7 Å². The van der Waals surface area contributed by atoms with Crippen molar-refractivity contribution < 1.29 is 8.42 Å². The standard InChI is InChI=1S/C22H16Cl2N2O2S2/c1-29-17-10-6-15(7-11-17)8-13-22-25-19-4-2-3-5-20(19)26(22)30(27,28)21-14-16(23)9-12-18(21)24/h2-14H,1H3. The second-order valence-corrected chi connectivity index (χ2v) is 9.89. The van der Waals surface area contributed by atoms with E-state index in [1.165, 1.54) is 16.1 Å². The Morgan fingerprint density at radius 3 is 2.43 bits per heavy atom. The number of imidazole rings is 1. The van der Waals surface area contributed by atoms with Crippen molar-refractivity contribution in [3.05, 3.63) is 88.2 Å². The van der Waals surface area contributed by atoms with E-state index in [-0.39, 0.29) is 20.8 Å². The van der Waals surface area contributed by atoms with Crippen LogP contribution in [0.3, 0.4) is 0 Å². The second kappa shape index (κ2) is 8.47. The second-order valence-electron chi connectivity index (χ2n) is 6.41. The summed E-state index contributed by atoms with van der Waals surface area (Å²) in [4.78, 5) is 5.60. The third-order valence-corrected chi connectivity index (χ3v) is 7.67. The third-order valence-electron chi connectivity index (χ3n) is 4.50. The molecule has 0 bridgehead atoms. The minimum Gasteiger partial charge on any atom is -0.228 e. The lowest BCUT2D eigenvalue weighted by Crippen LogP contribution is -2.15. The average molecular weight is 475 g/mol. The number of benzene rings is 3. The molecule has 0 saturated heterocycles. The Hall–Kier alpha value is -2.25. The number of thioether (sulfide) groups is 1. The minimum absolute atomic E-state index is 0.0706. The fraction of sp³-hybridized carbons (Fsp3) is 0.0455. The van der Waals surface area contributed by atoms with Gasteiger partial charge in [0, 0.05) is 9.92 Å². The van der Waals surface area contributed by atoms with Crippen LogP contribution >= 0.6 is 35.0 Å². The van der Waals surface area contributed by atoms with E-state index in [1.54, 1.807) is 42.1 Å². The molecule has 0 fully saturated rings. The Morgan fingerprint density at radius 2 is 1.70 bits per heavy atom. The Labute approximate surface area is 189 Å². The van der Waals surface area contributed by atoms with Crippen molar-refractivity contribution >= 4 is 68.2 Å². The zero-order valence-corrected chi connectivity index (χ0v) is 18.9. The van der Waals surface area contributed by atoms with Gasteiger partial charge in [0.2, 0.25) is 0 Å². The largest absolute Gasteiger partial charge is 0.271 e. The summed E-state index contributed by atoms with van der Waals surface area (Å²) in [6, 6.07) is 19.4. The van der Waals surface area contributed by atoms with Gasteiger partial charge in [-0.05, 0) is 60.4 Å². The van der Waals surface area contributed by atoms with Gasteiger partial charge in [-0.15, -0.1) is 11.8 Å². The van der Waals surface area contributed by atoms with E-state index < -0.39 is 10.0 Å². The van der Waals surface area contributed by atoms with Crippen LogP contribution in [0.15, 0.2) is 76.5 Å². The molecule has 1 heterocycles. The summed E-state index contributed by atoms with van der Waals surface area (Å²) in [7, 11) is -4.04. The summed E-state index contributed by atoms with van der Waals surface area (Å²) >= 11 is 13.9. The topological polar surface area (TPSA) is 52.0 Å². The molecule has 0 aliphatic carbocycles. The molecule has 1 aromatic heterocycles. The highest BCUT2D eigenvalue weighted by Gasteiger charge is 2.25. The van der Waals surface area contributed by atoms with Crippen molar-refractivity contribution in [3.8, 4) is 0 Å². The molecule has 4 rings (SSSR count). The van der Waals surface area contributed by atoms with E-state index >= 15 is 0 Å². The number of rotatable bonds is 5. The predicted molar refractivity (Wildman–Crippen MR) is 126 cm³/mol. The molecule has 0 aliphatic heterocycles. The molecule has 0 N–H and O–H groups in total. The van der Waals surface area contributed by atoms with Gasteiger partial charge in [-0.2, -0.15) is 0 Å². The van der Waals surface area contributed by atoms with Crippen molar-refractivity contribution in [2.45, 2.75) is 9.79 Å². The molecular weight excluding hydrogens is 459 g/mol. The number of hydrogen-bond donors (Lipinski definition) is 0. The number of para-hydroxylation sites is 2. The van der Waals surface area contributed by atoms with Crippen LogP contribution in [-0.4, -0.2) is 23.6 Å². The third kappa shape index (κ3) is 4.01. The molecule has 0 unspecified atom stereocenters. The van der Waals surface area contributed by atoms with Crippen LogP contribution in [0.2, 0.25) is 10.0 Å². The van der Waals surface area contributed by atoms with Crippen molar-refractivity contribution in [1.29, 1.82) is 0 Å². The van der Waals surface area contributed by atoms with Crippen LogP contribution in [0.25, 0.3) is 23.2 Å². The summed E-state index contributed by atoms with van der Waals surface area (Å²) in [6.07, 6.45) is 5.53. The summed E-state index contributed by atoms with van der Waals surface area (Å²) in [5.41, 5.74) is 1.96. The average Bonchev–Trinajstić information content (AvgIpc) is 3.13. The van der Waals surface area contributed by atoms with Gasteiger partial charge < -0.3 is 0 Å². The molecule has 0 spiro atoms. The zero-order valence-electron chi connectivity index (χ0n) is 15.8. The van der Waals surface area contributed by atoms with Crippen LogP contribution in [0.4, 0.5) is 0 Å². The number of aromatic nitrogens is 2. The minimum atomic E-state index is -4.04. The van der Waals surface area contributed by atoms with E-state index in [9.17, 15) is 8.42 Å². The van der Waals surface area contributed by atoms with Crippen LogP contribution in [0.1, 0.15) is 11.4 Å². The number of nitrogens with zero attached hydrogens (tertiary/aromatic N) is 2. The van der Waals surface area contributed by atoms with Crippen LogP contribution in [-0.2, 0) is 10.0 Å². The van der Waals surface area contributed by atoms with E-state index in [0.29, 0.717) is 11.0 Å². The van der Waals surface area contributed by atoms with Gasteiger partial charge >= 0.3 is 0 Å². The summed E-state index contributed by atoms with van der Waals surface area (Å²) in [6.45, 7) is 0. The first-order valence-electron chi connectivity index (χ1n) is 8.90. The van der Waals surface area contributed by atoms with E-state index in [2.05, 4.69) is 4.98 Å². The fourth-order valence-corrected chi connectivity index (χ4v) is 5.64. The molecule has 30 heavy (non-hydrogen) atoms. The van der Waals surface area contributed by atoms with Crippen LogP contribution in [0, 0.1) is 0 Å². The van der Waals surface area contributed by atoms with Crippen molar-refractivity contribution in [2.24, 2.45) is 0 Å². The van der Waals surface area contributed by atoms with E-state index in [0.717, 1.165) is 10.5 Å². The van der Waals surface area contributed by atoms with Crippen molar-refractivity contribution in [1.82, 2.24) is 8.96 Å². The van der Waals surface area contributed by atoms with Gasteiger partial charge in [0.25, 0.3) is 10.0 Å². The molecule has 0 radical (unpaired) electrons. The molecule has 0 saturated carbocycles.